The fourth-order valence-corrected chi connectivity index (χ4v) is 2.16. The number of pyridine rings is 1. The minimum absolute atomic E-state index is 0.0444. The van der Waals surface area contributed by atoms with Gasteiger partial charge < -0.3 is 4.74 Å². The molecular weight excluding hydrogens is 292 g/mol. The number of hydrogen-bond acceptors (Lipinski definition) is 5. The summed E-state index contributed by atoms with van der Waals surface area (Å²) in [7, 11) is 1.29. The largest absolute Gasteiger partial charge is 0.463 e. The van der Waals surface area contributed by atoms with E-state index in [9.17, 15) is 4.79 Å². The van der Waals surface area contributed by atoms with Crippen LogP contribution in [-0.2, 0) is 11.3 Å². The molecule has 0 spiro atoms. The molecule has 2 aromatic heterocycles. The Balaban J connectivity index is 1.87. The van der Waals surface area contributed by atoms with Gasteiger partial charge in [0.1, 0.15) is 6.33 Å². The van der Waals surface area contributed by atoms with Crippen LogP contribution in [0.2, 0.25) is 5.02 Å². The van der Waals surface area contributed by atoms with E-state index >= 15 is 0 Å². The first-order valence-corrected chi connectivity index (χ1v) is 6.55. The lowest BCUT2D eigenvalue weighted by atomic mass is 10.1. The molecule has 0 aliphatic heterocycles. The zero-order valence-corrected chi connectivity index (χ0v) is 11.9. The first kappa shape index (κ1) is 13.5. The molecule has 106 valence electrons. The molecule has 6 nitrogen and oxygen atoms in total. The SMILES string of the molecule is COC(=O)c1ncn(Cc2ccc3ncc(Cl)cc3c2)n1. The van der Waals surface area contributed by atoms with E-state index in [1.807, 2.05) is 24.3 Å². The summed E-state index contributed by atoms with van der Waals surface area (Å²) < 4.78 is 6.15. The fraction of sp³-hybridized carbons (Fsp3) is 0.143. The van der Waals surface area contributed by atoms with Crippen LogP contribution in [0.25, 0.3) is 10.9 Å². The Morgan fingerprint density at radius 2 is 2.19 bits per heavy atom. The number of methoxy groups -OCH3 is 1. The summed E-state index contributed by atoms with van der Waals surface area (Å²) in [5.74, 6) is -0.508. The Morgan fingerprint density at radius 1 is 1.33 bits per heavy atom. The van der Waals surface area contributed by atoms with Crippen molar-refractivity contribution < 1.29 is 9.53 Å². The second-order valence-corrected chi connectivity index (χ2v) is 4.87. The molecule has 0 N–H and O–H groups in total. The molecule has 0 fully saturated rings. The third kappa shape index (κ3) is 2.85. The highest BCUT2D eigenvalue weighted by Gasteiger charge is 2.11. The summed E-state index contributed by atoms with van der Waals surface area (Å²) in [5.41, 5.74) is 1.88. The van der Waals surface area contributed by atoms with Gasteiger partial charge in [0.05, 0.1) is 24.2 Å². The number of rotatable bonds is 3. The Morgan fingerprint density at radius 3 is 3.00 bits per heavy atom. The Kier molecular flexibility index (Phi) is 3.53. The first-order chi connectivity index (χ1) is 10.2. The molecule has 2 heterocycles. The van der Waals surface area contributed by atoms with Crippen molar-refractivity contribution in [3.05, 3.63) is 53.2 Å². The van der Waals surface area contributed by atoms with Crippen LogP contribution >= 0.6 is 11.6 Å². The number of fused-ring (bicyclic) bond motifs is 1. The molecule has 0 amide bonds. The molecule has 1 aromatic carbocycles. The predicted octanol–water partition coefficient (Wildman–Crippen LogP) is 2.31. The number of nitrogens with zero attached hydrogens (tertiary/aromatic N) is 4. The summed E-state index contributed by atoms with van der Waals surface area (Å²) in [4.78, 5) is 19.5. The molecule has 0 aliphatic carbocycles. The second kappa shape index (κ2) is 5.49. The molecule has 0 saturated heterocycles. The maximum atomic E-state index is 11.3. The summed E-state index contributed by atoms with van der Waals surface area (Å²) in [5, 5.41) is 5.61. The number of benzene rings is 1. The summed E-state index contributed by atoms with van der Waals surface area (Å²) in [6, 6.07) is 7.70. The highest BCUT2D eigenvalue weighted by Crippen LogP contribution is 2.18. The Hall–Kier alpha value is -2.47. The molecule has 0 saturated carbocycles. The lowest BCUT2D eigenvalue weighted by Gasteiger charge is -2.03. The highest BCUT2D eigenvalue weighted by molar-refractivity contribution is 6.31. The molecule has 3 aromatic rings. The van der Waals surface area contributed by atoms with Gasteiger partial charge in [-0.25, -0.2) is 14.5 Å². The molecular formula is C14H11ClN4O2. The zero-order chi connectivity index (χ0) is 14.8. The van der Waals surface area contributed by atoms with Gasteiger partial charge in [0.15, 0.2) is 0 Å². The molecule has 7 heteroatoms. The topological polar surface area (TPSA) is 69.9 Å². The summed E-state index contributed by atoms with van der Waals surface area (Å²) in [6.45, 7) is 0.493. The maximum Gasteiger partial charge on any atom is 0.377 e. The van der Waals surface area contributed by atoms with Gasteiger partial charge in [0.2, 0.25) is 0 Å². The molecule has 0 atom stereocenters. The van der Waals surface area contributed by atoms with Gasteiger partial charge >= 0.3 is 5.97 Å². The van der Waals surface area contributed by atoms with Gasteiger partial charge in [0.25, 0.3) is 5.82 Å². The third-order valence-electron chi connectivity index (χ3n) is 2.96. The third-order valence-corrected chi connectivity index (χ3v) is 3.17. The second-order valence-electron chi connectivity index (χ2n) is 4.44. The van der Waals surface area contributed by atoms with E-state index < -0.39 is 5.97 Å². The number of carbonyl (C=O) groups is 1. The van der Waals surface area contributed by atoms with E-state index in [0.717, 1.165) is 16.5 Å². The Labute approximate surface area is 125 Å². The smallest absolute Gasteiger partial charge is 0.377 e. The fourth-order valence-electron chi connectivity index (χ4n) is 2.00. The number of ether oxygens (including phenoxy) is 1. The zero-order valence-electron chi connectivity index (χ0n) is 11.2. The number of aromatic nitrogens is 4. The van der Waals surface area contributed by atoms with Crippen LogP contribution in [0, 0.1) is 0 Å². The number of halogens is 1. The van der Waals surface area contributed by atoms with E-state index in [-0.39, 0.29) is 5.82 Å². The lowest BCUT2D eigenvalue weighted by molar-refractivity contribution is 0.0586. The average Bonchev–Trinajstić information content (AvgIpc) is 2.94. The van der Waals surface area contributed by atoms with Gasteiger partial charge in [-0.3, -0.25) is 4.98 Å². The highest BCUT2D eigenvalue weighted by atomic mass is 35.5. The van der Waals surface area contributed by atoms with Crippen LogP contribution in [-0.4, -0.2) is 32.8 Å². The van der Waals surface area contributed by atoms with E-state index in [1.54, 1.807) is 10.9 Å². The normalized spacial score (nSPS) is 10.8. The standard InChI is InChI=1S/C14H11ClN4O2/c1-21-14(20)13-17-8-19(18-13)7-9-2-3-12-10(4-9)5-11(15)6-16-12/h2-6,8H,7H2,1H3. The van der Waals surface area contributed by atoms with Crippen LogP contribution in [0.4, 0.5) is 0 Å². The van der Waals surface area contributed by atoms with Gasteiger partial charge in [-0.2, -0.15) is 0 Å². The summed E-state index contributed by atoms with van der Waals surface area (Å²) in [6.07, 6.45) is 3.11. The minimum Gasteiger partial charge on any atom is -0.463 e. The average molecular weight is 303 g/mol. The van der Waals surface area contributed by atoms with Crippen molar-refractivity contribution in [2.75, 3.05) is 7.11 Å². The van der Waals surface area contributed by atoms with Crippen LogP contribution in [0.15, 0.2) is 36.8 Å². The van der Waals surface area contributed by atoms with E-state index in [4.69, 9.17) is 11.6 Å². The van der Waals surface area contributed by atoms with Gasteiger partial charge in [0, 0.05) is 11.6 Å². The molecule has 0 bridgehead atoms. The number of hydrogen-bond donors (Lipinski definition) is 0. The number of carbonyl (C=O) groups excluding carboxylic acids is 1. The van der Waals surface area contributed by atoms with Crippen molar-refractivity contribution in [3.63, 3.8) is 0 Å². The Bertz CT molecular complexity index is 816. The maximum absolute atomic E-state index is 11.3. The van der Waals surface area contributed by atoms with Gasteiger partial charge in [-0.05, 0) is 23.8 Å². The summed E-state index contributed by atoms with van der Waals surface area (Å²) >= 11 is 5.94. The quantitative estimate of drug-likeness (QED) is 0.694. The van der Waals surface area contributed by atoms with E-state index in [0.29, 0.717) is 11.6 Å². The van der Waals surface area contributed by atoms with Crippen molar-refractivity contribution >= 4 is 28.5 Å². The van der Waals surface area contributed by atoms with Crippen LogP contribution in [0.5, 0.6) is 0 Å². The van der Waals surface area contributed by atoms with Crippen molar-refractivity contribution in [2.45, 2.75) is 6.54 Å². The van der Waals surface area contributed by atoms with Crippen molar-refractivity contribution in [1.82, 2.24) is 19.7 Å². The van der Waals surface area contributed by atoms with Crippen molar-refractivity contribution in [1.29, 1.82) is 0 Å². The van der Waals surface area contributed by atoms with E-state index in [2.05, 4.69) is 19.8 Å². The van der Waals surface area contributed by atoms with Crippen LogP contribution < -0.4 is 0 Å². The van der Waals surface area contributed by atoms with Crippen LogP contribution in [0.1, 0.15) is 16.2 Å². The van der Waals surface area contributed by atoms with Crippen molar-refractivity contribution in [2.24, 2.45) is 0 Å². The van der Waals surface area contributed by atoms with Crippen molar-refractivity contribution in [3.8, 4) is 0 Å². The molecule has 0 radical (unpaired) electrons. The number of esters is 1. The first-order valence-electron chi connectivity index (χ1n) is 6.17. The lowest BCUT2D eigenvalue weighted by Crippen LogP contribution is -2.06. The minimum atomic E-state index is -0.553. The van der Waals surface area contributed by atoms with Gasteiger partial charge in [-0.1, -0.05) is 17.7 Å². The van der Waals surface area contributed by atoms with E-state index in [1.165, 1.54) is 13.4 Å². The molecule has 21 heavy (non-hydrogen) atoms. The predicted molar refractivity (Wildman–Crippen MR) is 77.2 cm³/mol. The molecule has 0 unspecified atom stereocenters. The van der Waals surface area contributed by atoms with Gasteiger partial charge in [-0.15, -0.1) is 5.10 Å². The molecule has 3 rings (SSSR count). The monoisotopic (exact) mass is 302 g/mol. The molecule has 0 aliphatic rings. The van der Waals surface area contributed by atoms with Crippen LogP contribution in [0.3, 0.4) is 0 Å².